The number of nitrogens with zero attached hydrogens (tertiary/aromatic N) is 7. The highest BCUT2D eigenvalue weighted by Gasteiger charge is 2.45. The average Bonchev–Trinajstić information content (AvgIpc) is 3.56. The van der Waals surface area contributed by atoms with Gasteiger partial charge in [-0.1, -0.05) is 43.6 Å². The molecule has 1 aromatic heterocycles. The zero-order chi connectivity index (χ0) is 44.5. The summed E-state index contributed by atoms with van der Waals surface area (Å²) in [5.74, 6) is 1.70. The molecule has 4 amide bonds. The minimum absolute atomic E-state index is 0.105. The van der Waals surface area contributed by atoms with Crippen LogP contribution < -0.4 is 19.9 Å². The molecule has 5 aliphatic rings. The number of carbonyl (C=O) groups is 4. The van der Waals surface area contributed by atoms with Crippen LogP contribution in [0.2, 0.25) is 5.02 Å². The number of ether oxygens (including phenoxy) is 1. The number of benzene rings is 3. The summed E-state index contributed by atoms with van der Waals surface area (Å²) in [6, 6.07) is 20.0. The molecule has 9 rings (SSSR count). The van der Waals surface area contributed by atoms with Crippen LogP contribution in [0.25, 0.3) is 4.85 Å². The van der Waals surface area contributed by atoms with Crippen LogP contribution in [0.15, 0.2) is 72.9 Å². The number of nitrogens with one attached hydrogen (secondary N) is 1. The molecule has 1 unspecified atom stereocenters. The summed E-state index contributed by atoms with van der Waals surface area (Å²) in [6.45, 7) is 19.2. The van der Waals surface area contributed by atoms with E-state index in [4.69, 9.17) is 27.9 Å². The molecule has 13 nitrogen and oxygen atoms in total. The normalized spacial score (nSPS) is 20.7. The number of hydrogen-bond donors (Lipinski definition) is 1. The van der Waals surface area contributed by atoms with Crippen molar-refractivity contribution in [3.8, 4) is 5.75 Å². The maximum Gasteiger partial charge on any atom is 0.262 e. The van der Waals surface area contributed by atoms with Gasteiger partial charge in [0.25, 0.3) is 11.8 Å². The first kappa shape index (κ1) is 43.4. The third-order valence-corrected chi connectivity index (χ3v) is 14.7. The minimum atomic E-state index is -0.956. The Balaban J connectivity index is 0.697. The zero-order valence-electron chi connectivity index (χ0n) is 36.6. The first-order chi connectivity index (χ1) is 30.9. The van der Waals surface area contributed by atoms with Gasteiger partial charge in [-0.15, -0.1) is 0 Å². The predicted molar refractivity (Wildman–Crippen MR) is 245 cm³/mol. The fourth-order valence-electron chi connectivity index (χ4n) is 10.5. The molecule has 0 spiro atoms. The van der Waals surface area contributed by atoms with Gasteiger partial charge in [0.2, 0.25) is 17.8 Å². The number of aromatic nitrogens is 2. The molecule has 4 fully saturated rings. The van der Waals surface area contributed by atoms with Crippen molar-refractivity contribution in [1.82, 2.24) is 25.1 Å². The summed E-state index contributed by atoms with van der Waals surface area (Å²) in [5.41, 5.74) is 4.72. The van der Waals surface area contributed by atoms with E-state index in [1.807, 2.05) is 48.7 Å². The van der Waals surface area contributed by atoms with Crippen molar-refractivity contribution in [1.29, 1.82) is 0 Å². The van der Waals surface area contributed by atoms with Crippen molar-refractivity contribution in [3.05, 3.63) is 117 Å². The second kappa shape index (κ2) is 18.3. The van der Waals surface area contributed by atoms with Gasteiger partial charge in [-0.25, -0.2) is 14.8 Å². The standard InChI is InChI=1S/C50H55ClN8O5/c1-50(2,36-26-37(51)28-39(27-36)52-3)35-4-7-41(8-5-35)64-31-38-12-19-53-49(54-38)58-22-13-32(14-23-58)30-56-20-15-33(16-21-56)34-17-24-57(25-18-34)40-6-9-42-43(29-40)48(63)59(47(42)62)44-10-11-45(60)55-46(44)61/h4-9,12,19,26-29,32-34,44H,10-11,13-18,20-25,30-31H2,1-2H3,(H,55,60,61). The second-order valence-electron chi connectivity index (χ2n) is 18.7. The molecule has 1 atom stereocenters. The SMILES string of the molecule is [C-]#[N+]c1cc(Cl)cc(C(C)(C)c2ccc(OCc3ccnc(N4CCC(CN5CCC(C6CCN(c7ccc8c(c7)C(=O)N(C7CCC(=O)NC7=O)C8=O)CC6)CC5)CC4)n3)cc2)c1. The van der Waals surface area contributed by atoms with E-state index in [1.165, 1.54) is 12.8 Å². The summed E-state index contributed by atoms with van der Waals surface area (Å²) in [7, 11) is 0. The number of fused-ring (bicyclic) bond motifs is 1. The second-order valence-corrected chi connectivity index (χ2v) is 19.1. The van der Waals surface area contributed by atoms with Gasteiger partial charge in [0.05, 0.1) is 23.4 Å². The van der Waals surface area contributed by atoms with Gasteiger partial charge in [0, 0.05) is 61.5 Å². The minimum Gasteiger partial charge on any atom is -0.487 e. The number of rotatable bonds is 11. The third kappa shape index (κ3) is 9.08. The van der Waals surface area contributed by atoms with Crippen molar-refractivity contribution in [3.63, 3.8) is 0 Å². The van der Waals surface area contributed by atoms with Crippen molar-refractivity contribution < 1.29 is 23.9 Å². The number of anilines is 2. The van der Waals surface area contributed by atoms with Crippen LogP contribution in [0, 0.1) is 24.3 Å². The van der Waals surface area contributed by atoms with Crippen LogP contribution in [0.4, 0.5) is 17.3 Å². The number of carbonyl (C=O) groups excluding carboxylic acids is 4. The molecule has 0 bridgehead atoms. The molecule has 0 saturated carbocycles. The Labute approximate surface area is 379 Å². The largest absolute Gasteiger partial charge is 0.487 e. The summed E-state index contributed by atoms with van der Waals surface area (Å²) in [6.07, 6.45) is 9.00. The summed E-state index contributed by atoms with van der Waals surface area (Å²) in [5, 5.41) is 2.82. The molecule has 4 aromatic rings. The molecule has 0 radical (unpaired) electrons. The first-order valence-electron chi connectivity index (χ1n) is 22.7. The van der Waals surface area contributed by atoms with Crippen LogP contribution >= 0.6 is 11.6 Å². The van der Waals surface area contributed by atoms with Gasteiger partial charge in [0.1, 0.15) is 18.4 Å². The molecule has 14 heteroatoms. The van der Waals surface area contributed by atoms with Gasteiger partial charge in [-0.05, 0) is 135 Å². The fraction of sp³-hybridized carbons (Fsp3) is 0.460. The maximum absolute atomic E-state index is 13.4. The van der Waals surface area contributed by atoms with Gasteiger partial charge < -0.3 is 19.4 Å². The number of amides is 4. The lowest BCUT2D eigenvalue weighted by Gasteiger charge is -2.42. The van der Waals surface area contributed by atoms with Crippen LogP contribution in [-0.2, 0) is 21.6 Å². The predicted octanol–water partition coefficient (Wildman–Crippen LogP) is 7.83. The van der Waals surface area contributed by atoms with E-state index in [9.17, 15) is 19.2 Å². The molecular weight excluding hydrogens is 828 g/mol. The van der Waals surface area contributed by atoms with Gasteiger partial charge in [0.15, 0.2) is 5.69 Å². The maximum atomic E-state index is 13.4. The van der Waals surface area contributed by atoms with Gasteiger partial charge in [-0.2, -0.15) is 0 Å². The van der Waals surface area contributed by atoms with Crippen molar-refractivity contribution in [2.75, 3.05) is 55.6 Å². The zero-order valence-corrected chi connectivity index (χ0v) is 37.4. The Morgan fingerprint density at radius 1 is 0.781 bits per heavy atom. The van der Waals surface area contributed by atoms with E-state index < -0.39 is 23.8 Å². The molecule has 0 aliphatic carbocycles. The van der Waals surface area contributed by atoms with E-state index >= 15 is 0 Å². The Morgan fingerprint density at radius 3 is 2.17 bits per heavy atom. The molecule has 4 saturated heterocycles. The van der Waals surface area contributed by atoms with E-state index in [2.05, 4.69) is 55.8 Å². The van der Waals surface area contributed by atoms with Crippen molar-refractivity contribution >= 4 is 52.6 Å². The monoisotopic (exact) mass is 882 g/mol. The lowest BCUT2D eigenvalue weighted by Crippen LogP contribution is -2.54. The Kier molecular flexibility index (Phi) is 12.4. The molecule has 64 heavy (non-hydrogen) atoms. The average molecular weight is 883 g/mol. The Morgan fingerprint density at radius 2 is 1.47 bits per heavy atom. The molecule has 3 aromatic carbocycles. The summed E-state index contributed by atoms with van der Waals surface area (Å²) in [4.78, 5) is 72.1. The third-order valence-electron chi connectivity index (χ3n) is 14.4. The fourth-order valence-corrected chi connectivity index (χ4v) is 10.7. The van der Waals surface area contributed by atoms with Crippen LogP contribution in [0.5, 0.6) is 5.75 Å². The number of piperidine rings is 4. The molecular formula is C50H55ClN8O5. The summed E-state index contributed by atoms with van der Waals surface area (Å²) >= 11 is 6.32. The van der Waals surface area contributed by atoms with Crippen molar-refractivity contribution in [2.24, 2.45) is 17.8 Å². The highest BCUT2D eigenvalue weighted by Crippen LogP contribution is 2.38. The Bertz CT molecular complexity index is 2460. The molecule has 6 heterocycles. The van der Waals surface area contributed by atoms with Gasteiger partial charge >= 0.3 is 0 Å². The lowest BCUT2D eigenvalue weighted by molar-refractivity contribution is -0.136. The highest BCUT2D eigenvalue weighted by atomic mass is 35.5. The number of halogens is 1. The summed E-state index contributed by atoms with van der Waals surface area (Å²) < 4.78 is 6.16. The topological polar surface area (TPSA) is 133 Å². The van der Waals surface area contributed by atoms with E-state index in [0.29, 0.717) is 40.3 Å². The van der Waals surface area contributed by atoms with Crippen LogP contribution in [-0.4, -0.2) is 95.3 Å². The molecule has 332 valence electrons. The van der Waals surface area contributed by atoms with Crippen LogP contribution in [0.1, 0.15) is 103 Å². The van der Waals surface area contributed by atoms with Crippen molar-refractivity contribution in [2.45, 2.75) is 83.3 Å². The smallest absolute Gasteiger partial charge is 0.262 e. The Hall–Kier alpha value is -5.84. The van der Waals surface area contributed by atoms with Crippen LogP contribution in [0.3, 0.4) is 0 Å². The van der Waals surface area contributed by atoms with E-state index in [-0.39, 0.29) is 24.2 Å². The quantitative estimate of drug-likeness (QED) is 0.117. The van der Waals surface area contributed by atoms with E-state index in [0.717, 1.165) is 117 Å². The number of imide groups is 2. The van der Waals surface area contributed by atoms with Gasteiger partial charge in [-0.3, -0.25) is 29.4 Å². The number of hydrogen-bond acceptors (Lipinski definition) is 10. The number of likely N-dealkylation sites (tertiary alicyclic amines) is 1. The lowest BCUT2D eigenvalue weighted by atomic mass is 9.78. The molecule has 1 N–H and O–H groups in total. The highest BCUT2D eigenvalue weighted by molar-refractivity contribution is 6.31. The van der Waals surface area contributed by atoms with E-state index in [1.54, 1.807) is 12.1 Å². The first-order valence-corrected chi connectivity index (χ1v) is 23.1. The molecule has 5 aliphatic heterocycles.